The predicted octanol–water partition coefficient (Wildman–Crippen LogP) is 0.367. The van der Waals surface area contributed by atoms with Gasteiger partial charge in [0.25, 0.3) is 0 Å². The molecule has 7 amide bonds. The fraction of sp³-hybridized carbons (Fsp3) is 0.433. The van der Waals surface area contributed by atoms with Crippen molar-refractivity contribution in [2.24, 2.45) is 11.7 Å². The van der Waals surface area contributed by atoms with E-state index in [1.165, 1.54) is 19.2 Å². The van der Waals surface area contributed by atoms with Gasteiger partial charge in [-0.05, 0) is 117 Å². The van der Waals surface area contributed by atoms with Crippen molar-refractivity contribution in [2.75, 3.05) is 20.7 Å². The van der Waals surface area contributed by atoms with Crippen molar-refractivity contribution in [1.82, 2.24) is 42.5 Å². The maximum absolute atomic E-state index is 16.0. The number of carbonyl (C=O) groups is 8. The molecule has 18 atom stereocenters. The van der Waals surface area contributed by atoms with E-state index in [0.717, 1.165) is 66.7 Å². The van der Waals surface area contributed by atoms with Crippen LogP contribution in [0.25, 0.3) is 11.1 Å². The van der Waals surface area contributed by atoms with Gasteiger partial charge in [-0.25, -0.2) is 4.79 Å². The van der Waals surface area contributed by atoms with Gasteiger partial charge in [-0.15, -0.1) is 0 Å². The van der Waals surface area contributed by atoms with Crippen molar-refractivity contribution in [1.29, 1.82) is 0 Å². The smallest absolute Gasteiger partial charge is 0.330 e. The molecule has 5 aromatic carbocycles. The van der Waals surface area contributed by atoms with Gasteiger partial charge >= 0.3 is 5.97 Å². The number of likely N-dealkylation sites (N-methyl/N-ethyl adjacent to an activating group) is 2. The standard InChI is InChI=1S/C67H77Cl2N9O24/c1-24(2)13-35(71-5)59(89)77-50-52(84)27-8-11-39(33(68)15-27)98-41-17-29-18-42(56(41)102-66-57(55(87)54(86)43(23-79)100-66)101-45-22-67(4,72-6)58(88)25(3)97-45)99-40-12-9-28(16-34(40)69)53(85)51-64(94)76-49(65(95)96)32-19-30(80)20-38(82)46(32)31-14-26(7-10-37(31)81)47(61(91)78-51)75-62(92)48(29)74-60(90)36(21-44(70)83)73-63(50)93/h7-12,14-20,24-25,35-36,43,45,47-55,57-58,66,71-72,79-82,84-88H,13,21-23H2,1-6H3,(H2,70,83)(H,73,93)(H,74,90)(H,75,92)(H,76,94)(H,77,89)(H,78,91)(H,95,96)/t25?,35-,36+,43?,45?,47-,48-,49-,50-,51+,52-,53-,54?,55?,57?,58?,66?,67?/m1/s1. The first-order valence-corrected chi connectivity index (χ1v) is 32.8. The molecule has 11 bridgehead atoms. The molecule has 2 fully saturated rings. The van der Waals surface area contributed by atoms with Gasteiger partial charge in [-0.3, -0.25) is 33.6 Å². The minimum absolute atomic E-state index is 0.0957. The summed E-state index contributed by atoms with van der Waals surface area (Å²) in [7, 11) is 3.05. The zero-order valence-corrected chi connectivity index (χ0v) is 56.8. The normalized spacial score (nSPS) is 29.3. The Morgan fingerprint density at radius 2 is 1.31 bits per heavy atom. The third-order valence-corrected chi connectivity index (χ3v) is 18.9. The molecule has 0 radical (unpaired) electrons. The lowest BCUT2D eigenvalue weighted by molar-refractivity contribution is -0.334. The van der Waals surface area contributed by atoms with E-state index in [2.05, 4.69) is 42.5 Å². The number of aliphatic hydroxyl groups excluding tert-OH is 6. The Morgan fingerprint density at radius 3 is 1.90 bits per heavy atom. The zero-order valence-electron chi connectivity index (χ0n) is 55.2. The Bertz CT molecular complexity index is 4100. The molecule has 0 spiro atoms. The van der Waals surface area contributed by atoms with E-state index in [4.69, 9.17) is 57.4 Å². The van der Waals surface area contributed by atoms with Gasteiger partial charge in [0.15, 0.2) is 29.9 Å². The van der Waals surface area contributed by atoms with Crippen LogP contribution < -0.4 is 62.5 Å². The number of phenolic OH excluding ortho intramolecular Hbond substituents is 3. The number of phenols is 3. The highest BCUT2D eigenvalue weighted by Gasteiger charge is 2.52. The number of aliphatic carboxylic acids is 1. The fourth-order valence-electron chi connectivity index (χ4n) is 12.7. The Kier molecular flexibility index (Phi) is 22.8. The van der Waals surface area contributed by atoms with E-state index < -0.39 is 231 Å². The van der Waals surface area contributed by atoms with Gasteiger partial charge < -0.3 is 128 Å². The lowest BCUT2D eigenvalue weighted by atomic mass is 9.85. The number of carboxylic acids is 1. The SMILES string of the molecule is CN[C@H](CC(C)C)C(=O)N[C@H]1C(=O)N[C@@H](CC(N)=O)C(=O)N[C@H]2C(=O)N[C@H]3C(=O)N[C@H](C(=O)N[C@@H](C(=O)O)c4cc(O)cc(O)c4-c4cc3ccc4O)[C@H](O)c3ccc(c(Cl)c3)Oc3cc2cc(c3OC2OC(CO)C(O)C(O)C2OC2CC(C)(NC)C(O)C(C)O2)Oc2ccc(cc2Cl)[C@H]1O. The number of hydrogen-bond acceptors (Lipinski definition) is 25. The molecule has 0 saturated carbocycles. The van der Waals surface area contributed by atoms with Crippen LogP contribution in [0.1, 0.15) is 105 Å². The van der Waals surface area contributed by atoms with Crippen molar-refractivity contribution < 1.29 is 118 Å². The van der Waals surface area contributed by atoms with Crippen LogP contribution in [0.4, 0.5) is 0 Å². The van der Waals surface area contributed by atoms with Crippen LogP contribution in [0, 0.1) is 5.92 Å². The number of carboxylic acid groups (broad SMARTS) is 1. The Labute approximate surface area is 590 Å². The maximum Gasteiger partial charge on any atom is 0.330 e. The predicted molar refractivity (Wildman–Crippen MR) is 354 cm³/mol. The van der Waals surface area contributed by atoms with Gasteiger partial charge in [-0.2, -0.15) is 0 Å². The van der Waals surface area contributed by atoms with E-state index >= 15 is 14.4 Å². The number of hydrogen-bond donors (Lipinski definition) is 19. The summed E-state index contributed by atoms with van der Waals surface area (Å²) < 4.78 is 38.6. The first-order valence-electron chi connectivity index (χ1n) is 32.1. The molecular formula is C67H77Cl2N9O24. The van der Waals surface area contributed by atoms with Gasteiger partial charge in [0, 0.05) is 34.7 Å². The molecule has 33 nitrogen and oxygen atoms in total. The summed E-state index contributed by atoms with van der Waals surface area (Å²) in [5.74, 6) is -15.9. The number of nitrogens with one attached hydrogen (secondary N) is 8. The molecule has 7 aliphatic rings. The highest BCUT2D eigenvalue weighted by atomic mass is 35.5. The number of halogens is 2. The van der Waals surface area contributed by atoms with E-state index in [0.29, 0.717) is 0 Å². The minimum Gasteiger partial charge on any atom is -0.508 e. The Hall–Kier alpha value is -9.20. The average Bonchev–Trinajstić information content (AvgIpc) is 0.768. The molecule has 548 valence electrons. The summed E-state index contributed by atoms with van der Waals surface area (Å²) in [6.07, 6.45) is -18.0. The minimum atomic E-state index is -2.34. The molecule has 7 aliphatic heterocycles. The van der Waals surface area contributed by atoms with Gasteiger partial charge in [-0.1, -0.05) is 55.2 Å². The van der Waals surface area contributed by atoms with E-state index in [1.54, 1.807) is 20.9 Å². The number of amides is 7. The van der Waals surface area contributed by atoms with Crippen molar-refractivity contribution in [3.63, 3.8) is 0 Å². The molecule has 20 N–H and O–H groups in total. The number of fused-ring (bicyclic) bond motifs is 15. The number of rotatable bonds is 14. The quantitative estimate of drug-likeness (QED) is 0.0714. The molecule has 9 unspecified atom stereocenters. The molecule has 35 heteroatoms. The number of aromatic hydroxyl groups is 3. The molecule has 0 aliphatic carbocycles. The third kappa shape index (κ3) is 15.7. The van der Waals surface area contributed by atoms with Crippen LogP contribution in [0.15, 0.2) is 78.9 Å². The number of primary amides is 1. The van der Waals surface area contributed by atoms with Crippen molar-refractivity contribution in [2.45, 2.75) is 156 Å². The second kappa shape index (κ2) is 30.8. The summed E-state index contributed by atoms with van der Waals surface area (Å²) in [5, 5.41) is 134. The zero-order chi connectivity index (χ0) is 74.2. The monoisotopic (exact) mass is 1460 g/mol. The van der Waals surface area contributed by atoms with Crippen LogP contribution in [-0.4, -0.2) is 198 Å². The second-order valence-electron chi connectivity index (χ2n) is 25.9. The van der Waals surface area contributed by atoms with Crippen molar-refractivity contribution in [3.05, 3.63) is 117 Å². The first-order chi connectivity index (χ1) is 48.2. The second-order valence-corrected chi connectivity index (χ2v) is 26.7. The lowest BCUT2D eigenvalue weighted by Crippen LogP contribution is -2.65. The molecule has 12 rings (SSSR count). The van der Waals surface area contributed by atoms with Gasteiger partial charge in [0.1, 0.15) is 89.5 Å². The molecule has 2 saturated heterocycles. The topological polar surface area (TPSA) is 517 Å². The summed E-state index contributed by atoms with van der Waals surface area (Å²) in [6, 6.07) is -0.563. The molecule has 0 aromatic heterocycles. The van der Waals surface area contributed by atoms with Crippen LogP contribution in [-0.2, 0) is 52.6 Å². The lowest BCUT2D eigenvalue weighted by Gasteiger charge is -2.48. The summed E-state index contributed by atoms with van der Waals surface area (Å²) in [6.45, 7) is 5.90. The Morgan fingerprint density at radius 1 is 0.706 bits per heavy atom. The van der Waals surface area contributed by atoms with E-state index in [1.807, 2.05) is 13.8 Å². The molecular weight excluding hydrogens is 1390 g/mol. The van der Waals surface area contributed by atoms with Crippen LogP contribution in [0.3, 0.4) is 0 Å². The van der Waals surface area contributed by atoms with Crippen molar-refractivity contribution >= 4 is 70.5 Å². The van der Waals surface area contributed by atoms with Gasteiger partial charge in [0.2, 0.25) is 53.4 Å². The van der Waals surface area contributed by atoms with Crippen LogP contribution >= 0.6 is 23.2 Å². The maximum atomic E-state index is 16.0. The highest BCUT2D eigenvalue weighted by molar-refractivity contribution is 6.32. The summed E-state index contributed by atoms with van der Waals surface area (Å²) >= 11 is 14.1. The highest BCUT2D eigenvalue weighted by Crippen LogP contribution is 2.50. The number of aliphatic hydroxyl groups is 6. The van der Waals surface area contributed by atoms with Crippen molar-refractivity contribution in [3.8, 4) is 57.1 Å². The molecule has 7 heterocycles. The number of carbonyl (C=O) groups excluding carboxylic acids is 7. The Balaban J connectivity index is 1.24. The fourth-order valence-corrected chi connectivity index (χ4v) is 13.2. The summed E-state index contributed by atoms with van der Waals surface area (Å²) in [4.78, 5) is 117. The first kappa shape index (κ1) is 75.5. The van der Waals surface area contributed by atoms with Gasteiger partial charge in [0.05, 0.1) is 41.3 Å². The number of nitrogens with two attached hydrogens (primary N) is 1. The molecule has 5 aromatic rings. The van der Waals surface area contributed by atoms with E-state index in [-0.39, 0.29) is 52.0 Å². The summed E-state index contributed by atoms with van der Waals surface area (Å²) in [5.41, 5.74) is 1.84. The number of benzene rings is 5. The van der Waals surface area contributed by atoms with Crippen LogP contribution in [0.5, 0.6) is 46.0 Å². The largest absolute Gasteiger partial charge is 0.508 e. The van der Waals surface area contributed by atoms with Crippen LogP contribution in [0.2, 0.25) is 10.0 Å². The molecule has 102 heavy (non-hydrogen) atoms. The average molecular weight is 1460 g/mol. The third-order valence-electron chi connectivity index (χ3n) is 18.3. The number of ether oxygens (including phenoxy) is 6. The van der Waals surface area contributed by atoms with E-state index in [9.17, 15) is 75.0 Å².